The summed E-state index contributed by atoms with van der Waals surface area (Å²) in [5, 5.41) is 21.3. The minimum absolute atomic E-state index is 0.300. The second-order valence-corrected chi connectivity index (χ2v) is 4.95. The Hall–Kier alpha value is -2.58. The summed E-state index contributed by atoms with van der Waals surface area (Å²) in [6, 6.07) is 0.702. The van der Waals surface area contributed by atoms with E-state index in [1.54, 1.807) is 0 Å². The molecule has 1 rings (SSSR count). The van der Waals surface area contributed by atoms with Crippen LogP contribution in [0.5, 0.6) is 0 Å². The Bertz CT molecular complexity index is 616. The molecule has 0 fully saturated rings. The molecule has 21 heavy (non-hydrogen) atoms. The van der Waals surface area contributed by atoms with Crippen molar-refractivity contribution in [3.63, 3.8) is 0 Å². The number of benzene rings is 1. The number of nitro benzene ring substituents is 1. The standard InChI is InChI=1S/C12H12F2N2O5/c1-12(2,5-10(17)18)15-11(19)6-3-8(14)9(16(20)21)4-7(6)13/h3-4H,5H2,1-2H3,(H,15,19)(H,17,18). The lowest BCUT2D eigenvalue weighted by atomic mass is 10.00. The molecule has 0 radical (unpaired) electrons. The van der Waals surface area contributed by atoms with E-state index in [1.165, 1.54) is 13.8 Å². The van der Waals surface area contributed by atoms with Gasteiger partial charge in [-0.05, 0) is 19.9 Å². The number of carboxylic acid groups (broad SMARTS) is 1. The van der Waals surface area contributed by atoms with Crippen LogP contribution in [0.1, 0.15) is 30.6 Å². The molecule has 9 heteroatoms. The molecule has 7 nitrogen and oxygen atoms in total. The topological polar surface area (TPSA) is 110 Å². The lowest BCUT2D eigenvalue weighted by Crippen LogP contribution is -2.45. The third-order valence-corrected chi connectivity index (χ3v) is 2.52. The molecule has 2 N–H and O–H groups in total. The first-order valence-electron chi connectivity index (χ1n) is 5.71. The zero-order valence-electron chi connectivity index (χ0n) is 11.1. The summed E-state index contributed by atoms with van der Waals surface area (Å²) in [6.07, 6.45) is -0.435. The monoisotopic (exact) mass is 302 g/mol. The molecule has 0 aliphatic heterocycles. The highest BCUT2D eigenvalue weighted by atomic mass is 19.1. The van der Waals surface area contributed by atoms with Gasteiger partial charge in [-0.3, -0.25) is 19.7 Å². The van der Waals surface area contributed by atoms with Gasteiger partial charge in [0.1, 0.15) is 5.82 Å². The lowest BCUT2D eigenvalue weighted by molar-refractivity contribution is -0.387. The Morgan fingerprint density at radius 3 is 2.38 bits per heavy atom. The molecular formula is C12H12F2N2O5. The first kappa shape index (κ1) is 16.5. The number of halogens is 2. The minimum atomic E-state index is -1.36. The number of carboxylic acids is 1. The normalized spacial score (nSPS) is 11.0. The van der Waals surface area contributed by atoms with E-state index >= 15 is 0 Å². The number of amides is 1. The van der Waals surface area contributed by atoms with Gasteiger partial charge in [0, 0.05) is 5.54 Å². The Morgan fingerprint density at radius 2 is 1.90 bits per heavy atom. The molecule has 0 saturated heterocycles. The van der Waals surface area contributed by atoms with E-state index in [0.717, 1.165) is 0 Å². The molecule has 0 unspecified atom stereocenters. The summed E-state index contributed by atoms with van der Waals surface area (Å²) in [6.45, 7) is 2.78. The highest BCUT2D eigenvalue weighted by Gasteiger charge is 2.27. The number of aliphatic carboxylic acids is 1. The van der Waals surface area contributed by atoms with Crippen molar-refractivity contribution < 1.29 is 28.4 Å². The average Bonchev–Trinajstić information content (AvgIpc) is 2.28. The molecular weight excluding hydrogens is 290 g/mol. The number of carbonyl (C=O) groups excluding carboxylic acids is 1. The van der Waals surface area contributed by atoms with Crippen LogP contribution in [0, 0.1) is 21.7 Å². The van der Waals surface area contributed by atoms with Gasteiger partial charge in [0.05, 0.1) is 23.0 Å². The fourth-order valence-electron chi connectivity index (χ4n) is 1.65. The van der Waals surface area contributed by atoms with E-state index in [1.807, 2.05) is 0 Å². The third kappa shape index (κ3) is 4.20. The smallest absolute Gasteiger partial charge is 0.307 e. The Kier molecular flexibility index (Phi) is 4.56. The van der Waals surface area contributed by atoms with Crippen LogP contribution in [0.4, 0.5) is 14.5 Å². The van der Waals surface area contributed by atoms with Crippen LogP contribution in [0.25, 0.3) is 0 Å². The number of rotatable bonds is 5. The summed E-state index contributed by atoms with van der Waals surface area (Å²) in [7, 11) is 0. The van der Waals surface area contributed by atoms with Crippen LogP contribution in [0.2, 0.25) is 0 Å². The summed E-state index contributed by atoms with van der Waals surface area (Å²) >= 11 is 0. The Balaban J connectivity index is 3.06. The van der Waals surface area contributed by atoms with E-state index in [0.29, 0.717) is 12.1 Å². The molecule has 0 aliphatic carbocycles. The van der Waals surface area contributed by atoms with Crippen LogP contribution >= 0.6 is 0 Å². The van der Waals surface area contributed by atoms with E-state index in [-0.39, 0.29) is 0 Å². The first-order chi connectivity index (χ1) is 9.53. The quantitative estimate of drug-likeness (QED) is 0.637. The molecule has 114 valence electrons. The van der Waals surface area contributed by atoms with Gasteiger partial charge in [-0.1, -0.05) is 0 Å². The predicted molar refractivity (Wildman–Crippen MR) is 66.8 cm³/mol. The predicted octanol–water partition coefficient (Wildman–Crippen LogP) is 1.86. The van der Waals surface area contributed by atoms with E-state index in [2.05, 4.69) is 5.32 Å². The van der Waals surface area contributed by atoms with Crippen molar-refractivity contribution in [3.8, 4) is 0 Å². The molecule has 0 spiro atoms. The van der Waals surface area contributed by atoms with Gasteiger partial charge in [-0.2, -0.15) is 4.39 Å². The Morgan fingerprint density at radius 1 is 1.33 bits per heavy atom. The van der Waals surface area contributed by atoms with Gasteiger partial charge in [-0.25, -0.2) is 4.39 Å². The van der Waals surface area contributed by atoms with Gasteiger partial charge in [0.15, 0.2) is 0 Å². The van der Waals surface area contributed by atoms with Crippen LogP contribution in [0.15, 0.2) is 12.1 Å². The lowest BCUT2D eigenvalue weighted by Gasteiger charge is -2.24. The van der Waals surface area contributed by atoms with Gasteiger partial charge >= 0.3 is 11.7 Å². The van der Waals surface area contributed by atoms with Crippen LogP contribution < -0.4 is 5.32 Å². The van der Waals surface area contributed by atoms with E-state index in [9.17, 15) is 28.5 Å². The van der Waals surface area contributed by atoms with Crippen LogP contribution in [-0.2, 0) is 4.79 Å². The second kappa shape index (κ2) is 5.81. The SMILES string of the molecule is CC(C)(CC(=O)O)NC(=O)c1cc(F)c([N+](=O)[O-])cc1F. The van der Waals surface area contributed by atoms with Crippen molar-refractivity contribution in [2.24, 2.45) is 0 Å². The van der Waals surface area contributed by atoms with Gasteiger partial charge in [0.2, 0.25) is 5.82 Å². The molecule has 0 aliphatic rings. The van der Waals surface area contributed by atoms with Crippen molar-refractivity contribution in [1.29, 1.82) is 0 Å². The van der Waals surface area contributed by atoms with Crippen LogP contribution in [-0.4, -0.2) is 27.4 Å². The molecule has 1 aromatic rings. The minimum Gasteiger partial charge on any atom is -0.481 e. The molecule has 0 bridgehead atoms. The van der Waals surface area contributed by atoms with Gasteiger partial charge < -0.3 is 10.4 Å². The summed E-state index contributed by atoms with van der Waals surface area (Å²) in [5.74, 6) is -4.88. The van der Waals surface area contributed by atoms with E-state index in [4.69, 9.17) is 5.11 Å². The van der Waals surface area contributed by atoms with Gasteiger partial charge in [0.25, 0.3) is 5.91 Å². The maximum Gasteiger partial charge on any atom is 0.307 e. The van der Waals surface area contributed by atoms with Crippen LogP contribution in [0.3, 0.4) is 0 Å². The largest absolute Gasteiger partial charge is 0.481 e. The highest BCUT2D eigenvalue weighted by Crippen LogP contribution is 2.22. The molecule has 0 aromatic heterocycles. The number of nitrogens with one attached hydrogen (secondary N) is 1. The van der Waals surface area contributed by atoms with Crippen molar-refractivity contribution in [2.75, 3.05) is 0 Å². The van der Waals surface area contributed by atoms with Crippen molar-refractivity contribution in [1.82, 2.24) is 5.32 Å². The number of hydrogen-bond acceptors (Lipinski definition) is 4. The number of nitrogens with zero attached hydrogens (tertiary/aromatic N) is 1. The molecule has 0 heterocycles. The first-order valence-corrected chi connectivity index (χ1v) is 5.71. The second-order valence-electron chi connectivity index (χ2n) is 4.95. The molecule has 0 atom stereocenters. The van der Waals surface area contributed by atoms with Crippen molar-refractivity contribution >= 4 is 17.6 Å². The zero-order valence-corrected chi connectivity index (χ0v) is 11.1. The fraction of sp³-hybridized carbons (Fsp3) is 0.333. The van der Waals surface area contributed by atoms with E-state index < -0.39 is 51.6 Å². The summed E-state index contributed by atoms with van der Waals surface area (Å²) in [4.78, 5) is 31.8. The molecule has 1 aromatic carbocycles. The van der Waals surface area contributed by atoms with Crippen molar-refractivity contribution in [3.05, 3.63) is 39.4 Å². The number of carbonyl (C=O) groups is 2. The highest BCUT2D eigenvalue weighted by molar-refractivity contribution is 5.95. The third-order valence-electron chi connectivity index (χ3n) is 2.52. The van der Waals surface area contributed by atoms with Crippen molar-refractivity contribution in [2.45, 2.75) is 25.8 Å². The van der Waals surface area contributed by atoms with Gasteiger partial charge in [-0.15, -0.1) is 0 Å². The summed E-state index contributed by atoms with van der Waals surface area (Å²) < 4.78 is 27.0. The Labute approximate surface area is 117 Å². The zero-order chi connectivity index (χ0) is 16.4. The molecule has 0 saturated carbocycles. The maximum atomic E-state index is 13.6. The fourth-order valence-corrected chi connectivity index (χ4v) is 1.65. The molecule has 1 amide bonds. The number of nitro groups is 1. The number of hydrogen-bond donors (Lipinski definition) is 2. The summed E-state index contributed by atoms with van der Waals surface area (Å²) in [5.41, 5.74) is -3.03. The average molecular weight is 302 g/mol. The maximum absolute atomic E-state index is 13.6.